The number of fused-ring (bicyclic) bond motifs is 1. The van der Waals surface area contributed by atoms with Crippen LogP contribution >= 0.6 is 23.4 Å². The van der Waals surface area contributed by atoms with E-state index in [9.17, 15) is 9.18 Å². The van der Waals surface area contributed by atoms with E-state index >= 15 is 0 Å². The summed E-state index contributed by atoms with van der Waals surface area (Å²) in [4.78, 5) is 16.8. The van der Waals surface area contributed by atoms with Crippen LogP contribution in [-0.4, -0.2) is 20.7 Å². The molecule has 0 radical (unpaired) electrons. The van der Waals surface area contributed by atoms with E-state index in [1.165, 1.54) is 23.9 Å². The quantitative estimate of drug-likeness (QED) is 0.695. The SMILES string of the molecule is C[C@@H](Sc1nc2cc(Cl)ccc2n1C)C(=O)Nc1ccccc1F. The lowest BCUT2D eigenvalue weighted by molar-refractivity contribution is -0.115. The minimum absolute atomic E-state index is 0.173. The Morgan fingerprint density at radius 2 is 2.08 bits per heavy atom. The van der Waals surface area contributed by atoms with Crippen LogP contribution < -0.4 is 5.32 Å². The number of amides is 1. The highest BCUT2D eigenvalue weighted by Crippen LogP contribution is 2.28. The van der Waals surface area contributed by atoms with E-state index in [1.807, 2.05) is 17.7 Å². The van der Waals surface area contributed by atoms with Gasteiger partial charge < -0.3 is 9.88 Å². The van der Waals surface area contributed by atoms with Crippen molar-refractivity contribution in [3.05, 3.63) is 53.3 Å². The van der Waals surface area contributed by atoms with Crippen molar-refractivity contribution < 1.29 is 9.18 Å². The Morgan fingerprint density at radius 3 is 2.83 bits per heavy atom. The lowest BCUT2D eigenvalue weighted by atomic mass is 10.3. The van der Waals surface area contributed by atoms with Crippen LogP contribution in [0.2, 0.25) is 5.02 Å². The molecule has 0 aliphatic rings. The highest BCUT2D eigenvalue weighted by Gasteiger charge is 2.19. The van der Waals surface area contributed by atoms with Crippen molar-refractivity contribution in [2.75, 3.05) is 5.32 Å². The van der Waals surface area contributed by atoms with Gasteiger partial charge in [-0.3, -0.25) is 4.79 Å². The molecule has 1 N–H and O–H groups in total. The van der Waals surface area contributed by atoms with Crippen molar-refractivity contribution >= 4 is 46.0 Å². The van der Waals surface area contributed by atoms with Crippen LogP contribution in [0.15, 0.2) is 47.6 Å². The Labute approximate surface area is 148 Å². The highest BCUT2D eigenvalue weighted by atomic mass is 35.5. The first-order valence-electron chi connectivity index (χ1n) is 7.29. The van der Waals surface area contributed by atoms with Gasteiger partial charge in [0.15, 0.2) is 5.16 Å². The van der Waals surface area contributed by atoms with E-state index in [1.54, 1.807) is 31.2 Å². The summed E-state index contributed by atoms with van der Waals surface area (Å²) in [6, 6.07) is 11.6. The number of halogens is 2. The van der Waals surface area contributed by atoms with E-state index in [0.717, 1.165) is 11.0 Å². The molecule has 3 aromatic rings. The number of rotatable bonds is 4. The molecule has 2 aromatic carbocycles. The third-order valence-electron chi connectivity index (χ3n) is 3.58. The van der Waals surface area contributed by atoms with Gasteiger partial charge in [-0.15, -0.1) is 0 Å². The van der Waals surface area contributed by atoms with Crippen LogP contribution in [0.3, 0.4) is 0 Å². The molecule has 0 bridgehead atoms. The molecule has 0 spiro atoms. The monoisotopic (exact) mass is 363 g/mol. The van der Waals surface area contributed by atoms with E-state index in [2.05, 4.69) is 10.3 Å². The second-order valence-electron chi connectivity index (χ2n) is 5.32. The maximum atomic E-state index is 13.6. The lowest BCUT2D eigenvalue weighted by Crippen LogP contribution is -2.23. The third-order valence-corrected chi connectivity index (χ3v) is 4.96. The predicted octanol–water partition coefficient (Wildman–Crippen LogP) is 4.49. The Balaban J connectivity index is 1.77. The number of nitrogens with one attached hydrogen (secondary N) is 1. The first-order chi connectivity index (χ1) is 11.5. The van der Waals surface area contributed by atoms with Gasteiger partial charge >= 0.3 is 0 Å². The maximum absolute atomic E-state index is 13.6. The van der Waals surface area contributed by atoms with Crippen molar-refractivity contribution in [1.29, 1.82) is 0 Å². The van der Waals surface area contributed by atoms with Gasteiger partial charge in [0.1, 0.15) is 5.82 Å². The summed E-state index contributed by atoms with van der Waals surface area (Å²) in [5.41, 5.74) is 1.88. The Hall–Kier alpha value is -2.05. The largest absolute Gasteiger partial charge is 0.323 e. The average molecular weight is 364 g/mol. The fourth-order valence-corrected chi connectivity index (χ4v) is 3.32. The molecule has 24 heavy (non-hydrogen) atoms. The molecule has 1 atom stereocenters. The van der Waals surface area contributed by atoms with Crippen LogP contribution in [-0.2, 0) is 11.8 Å². The van der Waals surface area contributed by atoms with Crippen molar-refractivity contribution in [1.82, 2.24) is 9.55 Å². The van der Waals surface area contributed by atoms with Crippen molar-refractivity contribution in [2.45, 2.75) is 17.3 Å². The highest BCUT2D eigenvalue weighted by molar-refractivity contribution is 8.00. The van der Waals surface area contributed by atoms with Crippen molar-refractivity contribution in [3.63, 3.8) is 0 Å². The third kappa shape index (κ3) is 3.39. The van der Waals surface area contributed by atoms with Crippen LogP contribution in [0.25, 0.3) is 11.0 Å². The summed E-state index contributed by atoms with van der Waals surface area (Å²) in [5.74, 6) is -0.740. The van der Waals surface area contributed by atoms with E-state index in [0.29, 0.717) is 10.2 Å². The van der Waals surface area contributed by atoms with Crippen LogP contribution in [0.5, 0.6) is 0 Å². The molecule has 1 amide bonds. The normalized spacial score (nSPS) is 12.3. The van der Waals surface area contributed by atoms with Gasteiger partial charge in [-0.25, -0.2) is 9.37 Å². The number of benzene rings is 2. The molecule has 1 aromatic heterocycles. The molecule has 7 heteroatoms. The van der Waals surface area contributed by atoms with Gasteiger partial charge in [0.25, 0.3) is 0 Å². The van der Waals surface area contributed by atoms with E-state index in [-0.39, 0.29) is 11.6 Å². The second-order valence-corrected chi connectivity index (χ2v) is 7.06. The van der Waals surface area contributed by atoms with E-state index < -0.39 is 11.1 Å². The number of thioether (sulfide) groups is 1. The standard InChI is InChI=1S/C17H15ClFN3OS/c1-10(16(23)20-13-6-4-3-5-12(13)19)24-17-21-14-9-11(18)7-8-15(14)22(17)2/h3-10H,1-2H3,(H,20,23)/t10-/m1/s1. The van der Waals surface area contributed by atoms with E-state index in [4.69, 9.17) is 11.6 Å². The molecule has 124 valence electrons. The number of carbonyl (C=O) groups is 1. The van der Waals surface area contributed by atoms with Gasteiger partial charge in [-0.05, 0) is 37.3 Å². The van der Waals surface area contributed by atoms with Crippen LogP contribution in [0.1, 0.15) is 6.92 Å². The summed E-state index contributed by atoms with van der Waals surface area (Å²) in [6.45, 7) is 1.76. The van der Waals surface area contributed by atoms with Gasteiger partial charge in [0.2, 0.25) is 5.91 Å². The number of hydrogen-bond acceptors (Lipinski definition) is 3. The zero-order chi connectivity index (χ0) is 17.3. The minimum atomic E-state index is -0.458. The Bertz CT molecular complexity index is 912. The fourth-order valence-electron chi connectivity index (χ4n) is 2.26. The summed E-state index contributed by atoms with van der Waals surface area (Å²) in [6.07, 6.45) is 0. The molecule has 4 nitrogen and oxygen atoms in total. The van der Waals surface area contributed by atoms with Gasteiger partial charge in [0, 0.05) is 12.1 Å². The molecule has 0 aliphatic carbocycles. The Morgan fingerprint density at radius 1 is 1.33 bits per heavy atom. The summed E-state index contributed by atoms with van der Waals surface area (Å²) < 4.78 is 15.5. The molecular weight excluding hydrogens is 349 g/mol. The molecule has 3 rings (SSSR count). The Kier molecular flexibility index (Phi) is 4.78. The van der Waals surface area contributed by atoms with Crippen LogP contribution in [0, 0.1) is 5.82 Å². The first kappa shape index (κ1) is 16.8. The maximum Gasteiger partial charge on any atom is 0.237 e. The molecule has 0 saturated heterocycles. The van der Waals surface area contributed by atoms with Gasteiger partial charge in [-0.2, -0.15) is 0 Å². The molecule has 0 saturated carbocycles. The lowest BCUT2D eigenvalue weighted by Gasteiger charge is -2.12. The number of nitrogens with zero attached hydrogens (tertiary/aromatic N) is 2. The number of hydrogen-bond donors (Lipinski definition) is 1. The van der Waals surface area contributed by atoms with Crippen LogP contribution in [0.4, 0.5) is 10.1 Å². The summed E-state index contributed by atoms with van der Waals surface area (Å²) in [7, 11) is 1.88. The number of anilines is 1. The zero-order valence-electron chi connectivity index (χ0n) is 13.1. The first-order valence-corrected chi connectivity index (χ1v) is 8.55. The summed E-state index contributed by atoms with van der Waals surface area (Å²) in [5, 5.41) is 3.48. The van der Waals surface area contributed by atoms with Gasteiger partial charge in [-0.1, -0.05) is 35.5 Å². The molecule has 0 unspecified atom stereocenters. The fraction of sp³-hybridized carbons (Fsp3) is 0.176. The van der Waals surface area contributed by atoms with Crippen molar-refractivity contribution in [3.8, 4) is 0 Å². The molecule has 0 aliphatic heterocycles. The van der Waals surface area contributed by atoms with Gasteiger partial charge in [0.05, 0.1) is 22.0 Å². The average Bonchev–Trinajstić information content (AvgIpc) is 2.84. The molecular formula is C17H15ClFN3OS. The minimum Gasteiger partial charge on any atom is -0.323 e. The van der Waals surface area contributed by atoms with Crippen molar-refractivity contribution in [2.24, 2.45) is 7.05 Å². The topological polar surface area (TPSA) is 46.9 Å². The molecule has 1 heterocycles. The zero-order valence-corrected chi connectivity index (χ0v) is 14.7. The number of aromatic nitrogens is 2. The smallest absolute Gasteiger partial charge is 0.237 e. The second kappa shape index (κ2) is 6.83. The molecule has 0 fully saturated rings. The predicted molar refractivity (Wildman–Crippen MR) is 96.1 cm³/mol. The number of para-hydroxylation sites is 1. The number of aryl methyl sites for hydroxylation is 1. The number of imidazole rings is 1. The summed E-state index contributed by atoms with van der Waals surface area (Å²) >= 11 is 7.30. The number of carbonyl (C=O) groups excluding carboxylic acids is 1.